The molecule has 0 aromatic heterocycles. The van der Waals surface area contributed by atoms with E-state index in [1.807, 2.05) is 0 Å². The van der Waals surface area contributed by atoms with Gasteiger partial charge in [0.15, 0.2) is 6.04 Å². The van der Waals surface area contributed by atoms with Crippen LogP contribution in [0, 0.1) is 5.21 Å². The summed E-state index contributed by atoms with van der Waals surface area (Å²) in [4.78, 5) is 11.4. The number of esters is 1. The summed E-state index contributed by atoms with van der Waals surface area (Å²) in [5.41, 5.74) is 5.37. The maximum atomic E-state index is 11.1. The molecule has 0 saturated carbocycles. The summed E-state index contributed by atoms with van der Waals surface area (Å²) in [6, 6.07) is -0.941. The average Bonchev–Trinajstić information content (AvgIpc) is 2.02. The Balaban J connectivity index is 3.97. The largest absolute Gasteiger partial charge is 0.600 e. The molecule has 0 rings (SSSR count). The van der Waals surface area contributed by atoms with Crippen LogP contribution in [-0.2, 0) is 9.53 Å². The number of ether oxygens (including phenoxy) is 1. The van der Waals surface area contributed by atoms with E-state index in [9.17, 15) is 10.0 Å². The van der Waals surface area contributed by atoms with Crippen LogP contribution in [0.15, 0.2) is 5.11 Å². The molecular formula is C7H15N3O3. The maximum Gasteiger partial charge on any atom is 0.329 e. The molecule has 0 bridgehead atoms. The normalized spacial score (nSPS) is 14.4. The van der Waals surface area contributed by atoms with Gasteiger partial charge in [0, 0.05) is 0 Å². The standard InChI is InChI=1S/C7H15N3O3/c1-5(2)13-7(11)6(8)4-10(12)9-3/h5-6H,4,8H2,1-3H3/t6-/m0/s1. The number of carbonyl (C=O) groups is 1. The molecule has 0 fully saturated rings. The van der Waals surface area contributed by atoms with Crippen LogP contribution in [0.5, 0.6) is 0 Å². The summed E-state index contributed by atoms with van der Waals surface area (Å²) in [7, 11) is 1.33. The Hall–Kier alpha value is -1.17. The Morgan fingerprint density at radius 2 is 2.23 bits per heavy atom. The topological polar surface area (TPSA) is 90.8 Å². The van der Waals surface area contributed by atoms with Crippen LogP contribution in [0.1, 0.15) is 13.8 Å². The van der Waals surface area contributed by atoms with E-state index in [1.54, 1.807) is 13.8 Å². The Kier molecular flexibility index (Phi) is 4.98. The average molecular weight is 189 g/mol. The number of azo groups is 1. The van der Waals surface area contributed by atoms with Crippen LogP contribution in [-0.4, -0.2) is 36.6 Å². The Bertz CT molecular complexity index is 203. The summed E-state index contributed by atoms with van der Waals surface area (Å²) in [6.07, 6.45) is -0.225. The molecule has 0 aromatic rings. The van der Waals surface area contributed by atoms with Crippen LogP contribution < -0.4 is 5.73 Å². The van der Waals surface area contributed by atoms with Gasteiger partial charge >= 0.3 is 5.97 Å². The zero-order chi connectivity index (χ0) is 10.4. The van der Waals surface area contributed by atoms with Gasteiger partial charge in [-0.05, 0) is 19.0 Å². The van der Waals surface area contributed by atoms with Gasteiger partial charge in [0.2, 0.25) is 6.54 Å². The molecule has 0 heterocycles. The molecule has 2 N–H and O–H groups in total. The van der Waals surface area contributed by atoms with Crippen LogP contribution in [0.2, 0.25) is 0 Å². The lowest BCUT2D eigenvalue weighted by Gasteiger charge is -2.11. The molecule has 0 aliphatic carbocycles. The van der Waals surface area contributed by atoms with E-state index in [0.717, 1.165) is 0 Å². The molecule has 0 saturated heterocycles. The molecule has 0 amide bonds. The van der Waals surface area contributed by atoms with Gasteiger partial charge in [-0.25, -0.2) is 0 Å². The van der Waals surface area contributed by atoms with Crippen LogP contribution in [0.3, 0.4) is 0 Å². The Labute approximate surface area is 76.9 Å². The number of nitrogens with zero attached hydrogens (tertiary/aromatic N) is 2. The van der Waals surface area contributed by atoms with Crippen LogP contribution in [0.4, 0.5) is 0 Å². The summed E-state index contributed by atoms with van der Waals surface area (Å²) in [5, 5.41) is 14.0. The second-order valence-corrected chi connectivity index (χ2v) is 2.83. The van der Waals surface area contributed by atoms with E-state index >= 15 is 0 Å². The van der Waals surface area contributed by atoms with Gasteiger partial charge < -0.3 is 15.7 Å². The lowest BCUT2D eigenvalue weighted by atomic mass is 10.3. The lowest BCUT2D eigenvalue weighted by molar-refractivity contribution is -0.529. The third kappa shape index (κ3) is 5.13. The van der Waals surface area contributed by atoms with Crippen molar-refractivity contribution in [1.29, 1.82) is 0 Å². The van der Waals surface area contributed by atoms with Crippen LogP contribution >= 0.6 is 0 Å². The minimum Gasteiger partial charge on any atom is -0.600 e. The van der Waals surface area contributed by atoms with Gasteiger partial charge in [0.1, 0.15) is 0 Å². The first-order valence-corrected chi connectivity index (χ1v) is 3.97. The quantitative estimate of drug-likeness (QED) is 0.288. The molecule has 0 aliphatic heterocycles. The van der Waals surface area contributed by atoms with E-state index in [4.69, 9.17) is 10.5 Å². The molecule has 6 nitrogen and oxygen atoms in total. The van der Waals surface area contributed by atoms with Crippen molar-refractivity contribution in [3.8, 4) is 0 Å². The number of hydrogen-bond donors (Lipinski definition) is 1. The highest BCUT2D eigenvalue weighted by Crippen LogP contribution is 1.93. The van der Waals surface area contributed by atoms with Crippen molar-refractivity contribution >= 4 is 5.97 Å². The number of hydroxylamine groups is 1. The van der Waals surface area contributed by atoms with E-state index in [2.05, 4.69) is 5.11 Å². The number of carbonyl (C=O) groups excluding carboxylic acids is 1. The zero-order valence-electron chi connectivity index (χ0n) is 8.06. The number of nitrogens with two attached hydrogens (primary N) is 1. The number of hydrogen-bond acceptors (Lipinski definition) is 5. The molecule has 0 unspecified atom stereocenters. The second kappa shape index (κ2) is 5.47. The van der Waals surface area contributed by atoms with Crippen molar-refractivity contribution in [2.75, 3.05) is 13.6 Å². The fraction of sp³-hybridized carbons (Fsp3) is 0.857. The first-order chi connectivity index (χ1) is 5.97. The molecule has 0 radical (unpaired) electrons. The molecule has 1 atom stereocenters. The second-order valence-electron chi connectivity index (χ2n) is 2.83. The Morgan fingerprint density at radius 3 is 2.62 bits per heavy atom. The molecule has 76 valence electrons. The van der Waals surface area contributed by atoms with Gasteiger partial charge in [-0.2, -0.15) is 0 Å². The van der Waals surface area contributed by atoms with E-state index in [0.29, 0.717) is 4.86 Å². The molecule has 6 heteroatoms. The highest BCUT2D eigenvalue weighted by atomic mass is 16.5. The van der Waals surface area contributed by atoms with Gasteiger partial charge in [-0.3, -0.25) is 4.79 Å². The fourth-order valence-electron chi connectivity index (χ4n) is 0.644. The maximum absolute atomic E-state index is 11.1. The molecule has 0 aromatic carbocycles. The predicted octanol–water partition coefficient (Wildman–Crippen LogP) is -0.142. The van der Waals surface area contributed by atoms with Crippen molar-refractivity contribution in [2.45, 2.75) is 26.0 Å². The molecule has 0 spiro atoms. The predicted molar refractivity (Wildman–Crippen MR) is 46.0 cm³/mol. The minimum atomic E-state index is -0.941. The zero-order valence-corrected chi connectivity index (χ0v) is 8.06. The fourth-order valence-corrected chi connectivity index (χ4v) is 0.644. The van der Waals surface area contributed by atoms with Gasteiger partial charge in [-0.1, -0.05) is 4.86 Å². The summed E-state index contributed by atoms with van der Waals surface area (Å²) < 4.78 is 4.79. The van der Waals surface area contributed by atoms with Crippen LogP contribution in [0.25, 0.3) is 0 Å². The highest BCUT2D eigenvalue weighted by Gasteiger charge is 2.20. The molecule has 0 aliphatic rings. The highest BCUT2D eigenvalue weighted by molar-refractivity contribution is 5.75. The van der Waals surface area contributed by atoms with E-state index in [-0.39, 0.29) is 12.6 Å². The summed E-state index contributed by atoms with van der Waals surface area (Å²) in [6.45, 7) is 3.25. The smallest absolute Gasteiger partial charge is 0.329 e. The monoisotopic (exact) mass is 189 g/mol. The van der Waals surface area contributed by atoms with Crippen molar-refractivity contribution < 1.29 is 14.4 Å². The summed E-state index contributed by atoms with van der Waals surface area (Å²) >= 11 is 0. The Morgan fingerprint density at radius 1 is 1.69 bits per heavy atom. The van der Waals surface area contributed by atoms with Gasteiger partial charge in [0.05, 0.1) is 13.2 Å². The number of rotatable bonds is 4. The molecular weight excluding hydrogens is 174 g/mol. The van der Waals surface area contributed by atoms with Crippen molar-refractivity contribution in [1.82, 2.24) is 0 Å². The van der Waals surface area contributed by atoms with Crippen molar-refractivity contribution in [3.05, 3.63) is 5.21 Å². The van der Waals surface area contributed by atoms with Gasteiger partial charge in [-0.15, -0.1) is 0 Å². The third-order valence-corrected chi connectivity index (χ3v) is 1.23. The first-order valence-electron chi connectivity index (χ1n) is 3.97. The summed E-state index contributed by atoms with van der Waals surface area (Å²) in [5.74, 6) is -0.584. The van der Waals surface area contributed by atoms with Gasteiger partial charge in [0.25, 0.3) is 0 Å². The van der Waals surface area contributed by atoms with E-state index in [1.165, 1.54) is 7.05 Å². The SMILES string of the molecule is CN=[N+]([O-])C[C@H](N)C(=O)OC(C)C. The lowest BCUT2D eigenvalue weighted by Crippen LogP contribution is -2.39. The minimum absolute atomic E-state index is 0.179. The molecule has 13 heavy (non-hydrogen) atoms. The van der Waals surface area contributed by atoms with Crippen molar-refractivity contribution in [3.63, 3.8) is 0 Å². The third-order valence-electron chi connectivity index (χ3n) is 1.23. The van der Waals surface area contributed by atoms with E-state index < -0.39 is 12.0 Å². The van der Waals surface area contributed by atoms with Crippen molar-refractivity contribution in [2.24, 2.45) is 10.8 Å². The first kappa shape index (κ1) is 11.8.